The first-order valence-corrected chi connectivity index (χ1v) is 9.28. The average Bonchev–Trinajstić information content (AvgIpc) is 2.54. The topological polar surface area (TPSA) is 125 Å². The first-order valence-electron chi connectivity index (χ1n) is 9.28. The Morgan fingerprint density at radius 3 is 2.13 bits per heavy atom. The van der Waals surface area contributed by atoms with Crippen LogP contribution < -0.4 is 5.32 Å². The number of non-ortho nitro benzene ring substituents is 1. The monoisotopic (exact) mass is 426 g/mol. The zero-order valence-corrected chi connectivity index (χ0v) is 17.9. The van der Waals surface area contributed by atoms with Crippen LogP contribution in [0.3, 0.4) is 0 Å². The lowest BCUT2D eigenvalue weighted by atomic mass is 10.1. The van der Waals surface area contributed by atoms with Crippen molar-refractivity contribution < 1.29 is 33.2 Å². The zero-order chi connectivity index (χ0) is 23.3. The number of nitrogens with zero attached hydrogens (tertiary/aromatic N) is 1. The maximum atomic E-state index is 14.1. The van der Waals surface area contributed by atoms with Crippen LogP contribution in [0.4, 0.5) is 10.1 Å². The Morgan fingerprint density at radius 2 is 1.67 bits per heavy atom. The van der Waals surface area contributed by atoms with Crippen molar-refractivity contribution in [3.05, 3.63) is 39.7 Å². The fourth-order valence-electron chi connectivity index (χ4n) is 2.31. The number of esters is 2. The van der Waals surface area contributed by atoms with E-state index in [0.717, 1.165) is 12.1 Å². The van der Waals surface area contributed by atoms with Gasteiger partial charge in [-0.25, -0.2) is 9.18 Å². The van der Waals surface area contributed by atoms with Gasteiger partial charge in [-0.2, -0.15) is 0 Å². The summed E-state index contributed by atoms with van der Waals surface area (Å²) >= 11 is 0. The van der Waals surface area contributed by atoms with Gasteiger partial charge in [0.1, 0.15) is 23.1 Å². The molecule has 0 aliphatic rings. The Balaban J connectivity index is 2.99. The second-order valence-electron chi connectivity index (χ2n) is 8.61. The lowest BCUT2D eigenvalue weighted by molar-refractivity contribution is -0.385. The molecular weight excluding hydrogens is 399 g/mol. The predicted molar refractivity (Wildman–Crippen MR) is 105 cm³/mol. The quantitative estimate of drug-likeness (QED) is 0.403. The average molecular weight is 426 g/mol. The zero-order valence-electron chi connectivity index (χ0n) is 17.9. The van der Waals surface area contributed by atoms with Gasteiger partial charge in [-0.1, -0.05) is 0 Å². The minimum atomic E-state index is -1.25. The van der Waals surface area contributed by atoms with Crippen molar-refractivity contribution in [2.75, 3.05) is 0 Å². The molecule has 1 amide bonds. The molecule has 166 valence electrons. The van der Waals surface area contributed by atoms with Gasteiger partial charge in [0.15, 0.2) is 0 Å². The molecule has 1 atom stereocenters. The van der Waals surface area contributed by atoms with E-state index >= 15 is 0 Å². The highest BCUT2D eigenvalue weighted by atomic mass is 19.1. The van der Waals surface area contributed by atoms with Gasteiger partial charge in [0.25, 0.3) is 11.6 Å². The maximum absolute atomic E-state index is 14.1. The molecule has 30 heavy (non-hydrogen) atoms. The normalized spacial score (nSPS) is 12.6. The first-order chi connectivity index (χ1) is 13.6. The molecule has 0 unspecified atom stereocenters. The maximum Gasteiger partial charge on any atom is 0.329 e. The molecule has 0 radical (unpaired) electrons. The molecular formula is C20H27FN2O7. The summed E-state index contributed by atoms with van der Waals surface area (Å²) < 4.78 is 24.6. The van der Waals surface area contributed by atoms with Crippen molar-refractivity contribution in [1.82, 2.24) is 5.32 Å². The predicted octanol–water partition coefficient (Wildman–Crippen LogP) is 3.30. The highest BCUT2D eigenvalue weighted by Gasteiger charge is 2.29. The summed E-state index contributed by atoms with van der Waals surface area (Å²) in [4.78, 5) is 46.8. The van der Waals surface area contributed by atoms with E-state index in [0.29, 0.717) is 6.07 Å². The number of hydrogen-bond acceptors (Lipinski definition) is 7. The third-order valence-electron chi connectivity index (χ3n) is 3.46. The fourth-order valence-corrected chi connectivity index (χ4v) is 2.31. The number of nitrogens with one attached hydrogen (secondary N) is 1. The molecule has 0 fully saturated rings. The number of ether oxygens (including phenoxy) is 2. The third kappa shape index (κ3) is 8.54. The Kier molecular flexibility index (Phi) is 8.03. The number of hydrogen-bond donors (Lipinski definition) is 1. The van der Waals surface area contributed by atoms with Crippen LogP contribution in [0.25, 0.3) is 0 Å². The Hall–Kier alpha value is -3.04. The van der Waals surface area contributed by atoms with E-state index in [1.54, 1.807) is 41.5 Å². The van der Waals surface area contributed by atoms with Crippen LogP contribution in [-0.4, -0.2) is 40.0 Å². The molecule has 0 aliphatic carbocycles. The van der Waals surface area contributed by atoms with E-state index in [1.165, 1.54) is 0 Å². The molecule has 0 bridgehead atoms. The van der Waals surface area contributed by atoms with Crippen LogP contribution in [0.15, 0.2) is 18.2 Å². The largest absolute Gasteiger partial charge is 0.460 e. The molecule has 0 aromatic heterocycles. The van der Waals surface area contributed by atoms with Crippen molar-refractivity contribution in [3.63, 3.8) is 0 Å². The summed E-state index contributed by atoms with van der Waals surface area (Å²) in [5.41, 5.74) is -2.57. The Morgan fingerprint density at radius 1 is 1.10 bits per heavy atom. The van der Waals surface area contributed by atoms with Gasteiger partial charge in [0.2, 0.25) is 0 Å². The van der Waals surface area contributed by atoms with Crippen molar-refractivity contribution >= 4 is 23.5 Å². The van der Waals surface area contributed by atoms with E-state index in [9.17, 15) is 28.9 Å². The number of benzene rings is 1. The van der Waals surface area contributed by atoms with Gasteiger partial charge in [-0.05, 0) is 54.0 Å². The van der Waals surface area contributed by atoms with E-state index in [4.69, 9.17) is 9.47 Å². The number of halogens is 1. The van der Waals surface area contributed by atoms with Gasteiger partial charge in [-0.3, -0.25) is 19.7 Å². The first kappa shape index (κ1) is 25.0. The molecule has 1 N–H and O–H groups in total. The third-order valence-corrected chi connectivity index (χ3v) is 3.46. The number of nitro groups is 1. The molecule has 1 aromatic carbocycles. The minimum Gasteiger partial charge on any atom is -0.460 e. The van der Waals surface area contributed by atoms with Gasteiger partial charge in [0, 0.05) is 12.5 Å². The van der Waals surface area contributed by atoms with E-state index in [-0.39, 0.29) is 12.8 Å². The number of nitro benzene ring substituents is 1. The molecule has 0 heterocycles. The molecule has 0 saturated carbocycles. The van der Waals surface area contributed by atoms with Crippen molar-refractivity contribution in [2.45, 2.75) is 71.6 Å². The molecule has 9 nitrogen and oxygen atoms in total. The number of amides is 1. The van der Waals surface area contributed by atoms with Crippen molar-refractivity contribution in [3.8, 4) is 0 Å². The highest BCUT2D eigenvalue weighted by Crippen LogP contribution is 2.18. The lowest BCUT2D eigenvalue weighted by Crippen LogP contribution is -2.44. The molecule has 0 aliphatic heterocycles. The SMILES string of the molecule is CC(C)(C)OC(=O)CC[C@H](NC(=O)c1ccc([N+](=O)[O-])cc1F)C(=O)OC(C)(C)C. The summed E-state index contributed by atoms with van der Waals surface area (Å²) in [5, 5.41) is 13.0. The Labute approximate surface area is 174 Å². The summed E-state index contributed by atoms with van der Waals surface area (Å²) in [6.45, 7) is 9.97. The highest BCUT2D eigenvalue weighted by molar-refractivity contribution is 5.97. The van der Waals surface area contributed by atoms with Crippen LogP contribution in [0.5, 0.6) is 0 Å². The fraction of sp³-hybridized carbons (Fsp3) is 0.550. The molecule has 10 heteroatoms. The van der Waals surface area contributed by atoms with Crippen LogP contribution in [0.1, 0.15) is 64.7 Å². The smallest absolute Gasteiger partial charge is 0.329 e. The van der Waals surface area contributed by atoms with Crippen LogP contribution in [0, 0.1) is 15.9 Å². The summed E-state index contributed by atoms with van der Waals surface area (Å²) in [6.07, 6.45) is -0.325. The van der Waals surface area contributed by atoms with Crippen LogP contribution in [0.2, 0.25) is 0 Å². The Bertz CT molecular complexity index is 825. The molecule has 1 aromatic rings. The molecule has 1 rings (SSSR count). The summed E-state index contributed by atoms with van der Waals surface area (Å²) in [5.74, 6) is -3.47. The molecule has 0 saturated heterocycles. The van der Waals surface area contributed by atoms with Gasteiger partial charge in [0.05, 0.1) is 16.6 Å². The van der Waals surface area contributed by atoms with Crippen molar-refractivity contribution in [2.24, 2.45) is 0 Å². The van der Waals surface area contributed by atoms with E-state index in [1.807, 2.05) is 0 Å². The van der Waals surface area contributed by atoms with Crippen LogP contribution in [-0.2, 0) is 19.1 Å². The second kappa shape index (κ2) is 9.64. The number of carbonyl (C=O) groups excluding carboxylic acids is 3. The van der Waals surface area contributed by atoms with E-state index < -0.39 is 57.1 Å². The summed E-state index contributed by atoms with van der Waals surface area (Å²) in [6, 6.07) is 1.28. The van der Waals surface area contributed by atoms with Gasteiger partial charge < -0.3 is 14.8 Å². The number of rotatable bonds is 7. The van der Waals surface area contributed by atoms with Gasteiger partial charge >= 0.3 is 11.9 Å². The minimum absolute atomic E-state index is 0.135. The van der Waals surface area contributed by atoms with E-state index in [2.05, 4.69) is 5.32 Å². The standard InChI is InChI=1S/C20H27FN2O7/c1-19(2,3)29-16(24)10-9-15(18(26)30-20(4,5)6)22-17(25)13-8-7-12(23(27)28)11-14(13)21/h7-8,11,15H,9-10H2,1-6H3,(H,22,25)/t15-/m0/s1. The van der Waals surface area contributed by atoms with Crippen LogP contribution >= 0.6 is 0 Å². The molecule has 0 spiro atoms. The lowest BCUT2D eigenvalue weighted by Gasteiger charge is -2.25. The number of carbonyl (C=O) groups is 3. The summed E-state index contributed by atoms with van der Waals surface area (Å²) in [7, 11) is 0. The second-order valence-corrected chi connectivity index (χ2v) is 8.61. The van der Waals surface area contributed by atoms with Gasteiger partial charge in [-0.15, -0.1) is 0 Å². The van der Waals surface area contributed by atoms with Crippen molar-refractivity contribution in [1.29, 1.82) is 0 Å².